The van der Waals surface area contributed by atoms with Crippen LogP contribution >= 0.6 is 0 Å². The molecule has 2 amide bonds. The van der Waals surface area contributed by atoms with Gasteiger partial charge >= 0.3 is 12.0 Å². The van der Waals surface area contributed by atoms with Crippen LogP contribution < -0.4 is 5.32 Å². The van der Waals surface area contributed by atoms with E-state index in [2.05, 4.69) is 17.4 Å². The molecular weight excluding hydrogens is 280 g/mol. The molecule has 1 heterocycles. The summed E-state index contributed by atoms with van der Waals surface area (Å²) in [5.41, 5.74) is 1.40. The third-order valence-electron chi connectivity index (χ3n) is 4.95. The number of piperidine rings is 1. The number of carbonyl (C=O) groups is 2. The molecule has 1 aliphatic carbocycles. The fraction of sp³-hybridized carbons (Fsp3) is 0.529. The summed E-state index contributed by atoms with van der Waals surface area (Å²) in [5.74, 6) is -1.05. The van der Waals surface area contributed by atoms with Gasteiger partial charge in [-0.3, -0.25) is 4.79 Å². The van der Waals surface area contributed by atoms with E-state index >= 15 is 0 Å². The average Bonchev–Trinajstić information content (AvgIpc) is 3.35. The number of urea groups is 1. The Bertz CT molecular complexity index is 546. The third-order valence-corrected chi connectivity index (χ3v) is 4.95. The number of benzene rings is 1. The second kappa shape index (κ2) is 5.99. The molecule has 5 heteroatoms. The first kappa shape index (κ1) is 14.9. The van der Waals surface area contributed by atoms with E-state index in [4.69, 9.17) is 5.11 Å². The van der Waals surface area contributed by atoms with Crippen molar-refractivity contribution in [3.63, 3.8) is 0 Å². The summed E-state index contributed by atoms with van der Waals surface area (Å²) in [6.07, 6.45) is 3.32. The topological polar surface area (TPSA) is 69.6 Å². The highest BCUT2D eigenvalue weighted by Crippen LogP contribution is 2.47. The Labute approximate surface area is 130 Å². The standard InChI is InChI=1S/C17H22N2O3/c20-15(21)13-6-10-19(11-7-13)16(22)18-12-17(8-9-17)14-4-2-1-3-5-14/h1-5,13H,6-12H2,(H,18,22)(H,20,21). The lowest BCUT2D eigenvalue weighted by molar-refractivity contribution is -0.143. The highest BCUT2D eigenvalue weighted by molar-refractivity contribution is 5.75. The van der Waals surface area contributed by atoms with E-state index in [1.807, 2.05) is 18.2 Å². The number of rotatable bonds is 4. The van der Waals surface area contributed by atoms with Gasteiger partial charge in [-0.25, -0.2) is 4.79 Å². The van der Waals surface area contributed by atoms with Crippen molar-refractivity contribution in [2.24, 2.45) is 5.92 Å². The zero-order valence-electron chi connectivity index (χ0n) is 12.6. The maximum atomic E-state index is 12.2. The lowest BCUT2D eigenvalue weighted by atomic mass is 9.96. The molecule has 0 spiro atoms. The van der Waals surface area contributed by atoms with E-state index < -0.39 is 5.97 Å². The zero-order valence-corrected chi connectivity index (χ0v) is 12.6. The van der Waals surface area contributed by atoms with E-state index in [0.717, 1.165) is 12.8 Å². The number of hydrogen-bond acceptors (Lipinski definition) is 2. The van der Waals surface area contributed by atoms with Gasteiger partial charge in [-0.2, -0.15) is 0 Å². The molecule has 1 aromatic carbocycles. The zero-order chi connectivity index (χ0) is 15.6. The Kier molecular flexibility index (Phi) is 4.05. The van der Waals surface area contributed by atoms with Crippen molar-refractivity contribution in [2.75, 3.05) is 19.6 Å². The molecule has 2 aliphatic rings. The van der Waals surface area contributed by atoms with Gasteiger partial charge < -0.3 is 15.3 Å². The minimum Gasteiger partial charge on any atom is -0.481 e. The molecule has 2 N–H and O–H groups in total. The Morgan fingerprint density at radius 2 is 1.82 bits per heavy atom. The fourth-order valence-electron chi connectivity index (χ4n) is 3.20. The minimum absolute atomic E-state index is 0.0638. The van der Waals surface area contributed by atoms with Gasteiger partial charge in [0.15, 0.2) is 0 Å². The van der Waals surface area contributed by atoms with Gasteiger partial charge in [-0.15, -0.1) is 0 Å². The lowest BCUT2D eigenvalue weighted by Crippen LogP contribution is -2.47. The molecule has 118 valence electrons. The normalized spacial score (nSPS) is 20.5. The van der Waals surface area contributed by atoms with Crippen molar-refractivity contribution in [2.45, 2.75) is 31.1 Å². The number of likely N-dealkylation sites (tertiary alicyclic amines) is 1. The monoisotopic (exact) mass is 302 g/mol. The average molecular weight is 302 g/mol. The number of nitrogens with one attached hydrogen (secondary N) is 1. The quantitative estimate of drug-likeness (QED) is 0.896. The Balaban J connectivity index is 1.50. The summed E-state index contributed by atoms with van der Waals surface area (Å²) >= 11 is 0. The molecule has 0 bridgehead atoms. The smallest absolute Gasteiger partial charge is 0.317 e. The van der Waals surface area contributed by atoms with Crippen molar-refractivity contribution in [3.8, 4) is 0 Å². The van der Waals surface area contributed by atoms with E-state index in [1.165, 1.54) is 5.56 Å². The van der Waals surface area contributed by atoms with Crippen molar-refractivity contribution >= 4 is 12.0 Å². The maximum Gasteiger partial charge on any atom is 0.317 e. The first-order valence-corrected chi connectivity index (χ1v) is 7.92. The van der Waals surface area contributed by atoms with E-state index in [1.54, 1.807) is 4.90 Å². The predicted molar refractivity (Wildman–Crippen MR) is 82.7 cm³/mol. The molecule has 1 aliphatic heterocycles. The van der Waals surface area contributed by atoms with E-state index in [0.29, 0.717) is 32.5 Å². The van der Waals surface area contributed by atoms with Crippen molar-refractivity contribution in [1.82, 2.24) is 10.2 Å². The van der Waals surface area contributed by atoms with Gasteiger partial charge in [0.2, 0.25) is 0 Å². The Hall–Kier alpha value is -2.04. The Morgan fingerprint density at radius 1 is 1.18 bits per heavy atom. The first-order chi connectivity index (χ1) is 10.6. The number of carboxylic acid groups (broad SMARTS) is 1. The van der Waals surface area contributed by atoms with E-state index in [9.17, 15) is 9.59 Å². The molecule has 2 fully saturated rings. The summed E-state index contributed by atoms with van der Waals surface area (Å²) < 4.78 is 0. The van der Waals surface area contributed by atoms with Crippen LogP contribution in [0.5, 0.6) is 0 Å². The number of nitrogens with zero attached hydrogens (tertiary/aromatic N) is 1. The van der Waals surface area contributed by atoms with Crippen LogP contribution in [0.25, 0.3) is 0 Å². The number of carboxylic acids is 1. The van der Waals surface area contributed by atoms with Gasteiger partial charge in [0.1, 0.15) is 0 Å². The molecule has 1 aromatic rings. The van der Waals surface area contributed by atoms with Gasteiger partial charge in [0.25, 0.3) is 0 Å². The number of carbonyl (C=O) groups excluding carboxylic acids is 1. The lowest BCUT2D eigenvalue weighted by Gasteiger charge is -2.30. The van der Waals surface area contributed by atoms with Gasteiger partial charge in [0.05, 0.1) is 5.92 Å². The van der Waals surface area contributed by atoms with Gasteiger partial charge in [-0.05, 0) is 31.2 Å². The summed E-state index contributed by atoms with van der Waals surface area (Å²) in [7, 11) is 0. The predicted octanol–water partition coefficient (Wildman–Crippen LogP) is 2.22. The fourth-order valence-corrected chi connectivity index (χ4v) is 3.20. The van der Waals surface area contributed by atoms with Crippen LogP contribution in [0.2, 0.25) is 0 Å². The van der Waals surface area contributed by atoms with Crippen LogP contribution in [0.1, 0.15) is 31.2 Å². The molecule has 3 rings (SSSR count). The summed E-state index contributed by atoms with van der Waals surface area (Å²) in [5, 5.41) is 12.0. The van der Waals surface area contributed by atoms with E-state index in [-0.39, 0.29) is 17.4 Å². The van der Waals surface area contributed by atoms with Crippen LogP contribution in [-0.4, -0.2) is 41.6 Å². The molecule has 0 unspecified atom stereocenters. The number of aliphatic carboxylic acids is 1. The molecule has 1 saturated heterocycles. The highest BCUT2D eigenvalue weighted by atomic mass is 16.4. The maximum absolute atomic E-state index is 12.2. The summed E-state index contributed by atoms with van der Waals surface area (Å²) in [6, 6.07) is 10.3. The van der Waals surface area contributed by atoms with Crippen LogP contribution in [0.4, 0.5) is 4.79 Å². The summed E-state index contributed by atoms with van der Waals surface area (Å²) in [4.78, 5) is 24.9. The van der Waals surface area contributed by atoms with Crippen molar-refractivity contribution in [3.05, 3.63) is 35.9 Å². The SMILES string of the molecule is O=C(O)C1CCN(C(=O)NCC2(c3ccccc3)CC2)CC1. The highest BCUT2D eigenvalue weighted by Gasteiger charge is 2.44. The number of hydrogen-bond donors (Lipinski definition) is 2. The van der Waals surface area contributed by atoms with Crippen molar-refractivity contribution < 1.29 is 14.7 Å². The Morgan fingerprint density at radius 3 is 2.36 bits per heavy atom. The van der Waals surface area contributed by atoms with Crippen LogP contribution in [0.15, 0.2) is 30.3 Å². The molecule has 0 aromatic heterocycles. The minimum atomic E-state index is -0.749. The molecule has 22 heavy (non-hydrogen) atoms. The van der Waals surface area contributed by atoms with Gasteiger partial charge in [-0.1, -0.05) is 30.3 Å². The summed E-state index contributed by atoms with van der Waals surface area (Å²) in [6.45, 7) is 1.72. The van der Waals surface area contributed by atoms with Crippen molar-refractivity contribution in [1.29, 1.82) is 0 Å². The molecule has 0 radical (unpaired) electrons. The molecule has 1 saturated carbocycles. The second-order valence-electron chi connectivity index (χ2n) is 6.40. The van der Waals surface area contributed by atoms with Gasteiger partial charge in [0, 0.05) is 25.0 Å². The third kappa shape index (κ3) is 3.08. The van der Waals surface area contributed by atoms with Crippen LogP contribution in [0, 0.1) is 5.92 Å². The first-order valence-electron chi connectivity index (χ1n) is 7.92. The molecular formula is C17H22N2O3. The largest absolute Gasteiger partial charge is 0.481 e. The number of amides is 2. The van der Waals surface area contributed by atoms with Crippen LogP contribution in [-0.2, 0) is 10.2 Å². The second-order valence-corrected chi connectivity index (χ2v) is 6.40. The molecule has 5 nitrogen and oxygen atoms in total. The van der Waals surface area contributed by atoms with Crippen LogP contribution in [0.3, 0.4) is 0 Å². The molecule has 0 atom stereocenters.